The molecule has 0 saturated carbocycles. The fourth-order valence-electron chi connectivity index (χ4n) is 2.64. The number of hydrogen-bond acceptors (Lipinski definition) is 5. The van der Waals surface area contributed by atoms with Gasteiger partial charge in [-0.2, -0.15) is 8.42 Å². The summed E-state index contributed by atoms with van der Waals surface area (Å²) < 4.78 is 33.6. The van der Waals surface area contributed by atoms with E-state index < -0.39 is 10.1 Å². The lowest BCUT2D eigenvalue weighted by Crippen LogP contribution is -2.43. The first-order valence-electron chi connectivity index (χ1n) is 8.10. The lowest BCUT2D eigenvalue weighted by molar-refractivity contribution is 0.0794. The molecule has 1 unspecified atom stereocenters. The number of amides is 2. The molecule has 9 heteroatoms. The Bertz CT molecular complexity index is 704. The molecule has 140 valence electrons. The zero-order valence-corrected chi connectivity index (χ0v) is 15.9. The zero-order valence-electron chi connectivity index (χ0n) is 14.3. The molecule has 1 aromatic rings. The smallest absolute Gasteiger partial charge is 0.317 e. The number of halogens is 1. The minimum atomic E-state index is -3.69. The number of ether oxygens (including phenoxy) is 1. The summed E-state index contributed by atoms with van der Waals surface area (Å²) in [5.41, 5.74) is 0.516. The Hall–Kier alpha value is -1.51. The topological polar surface area (TPSA) is 84.9 Å². The molecule has 2 rings (SSSR count). The van der Waals surface area contributed by atoms with Gasteiger partial charge in [-0.25, -0.2) is 4.79 Å². The third kappa shape index (κ3) is 6.37. The van der Waals surface area contributed by atoms with Crippen LogP contribution >= 0.6 is 11.6 Å². The second-order valence-electron chi connectivity index (χ2n) is 5.89. The number of nitrogens with one attached hydrogen (secondary N) is 1. The fourth-order valence-corrected chi connectivity index (χ4v) is 3.32. The van der Waals surface area contributed by atoms with E-state index in [-0.39, 0.29) is 24.4 Å². The van der Waals surface area contributed by atoms with E-state index in [4.69, 9.17) is 20.5 Å². The van der Waals surface area contributed by atoms with E-state index in [0.717, 1.165) is 19.1 Å². The number of rotatable bonds is 7. The van der Waals surface area contributed by atoms with E-state index in [0.29, 0.717) is 30.3 Å². The second kappa shape index (κ2) is 8.73. The minimum absolute atomic E-state index is 0.0268. The maximum absolute atomic E-state index is 12.4. The van der Waals surface area contributed by atoms with Crippen LogP contribution in [0.5, 0.6) is 5.75 Å². The SMILES string of the molecule is CCNC(=O)N(Cc1cc(Cl)ccc1OS(C)(=O)=O)CC1CCCO1. The summed E-state index contributed by atoms with van der Waals surface area (Å²) in [6.07, 6.45) is 2.80. The van der Waals surface area contributed by atoms with Crippen LogP contribution in [-0.2, 0) is 21.4 Å². The number of carbonyl (C=O) groups is 1. The van der Waals surface area contributed by atoms with Gasteiger partial charge in [0.2, 0.25) is 0 Å². The molecule has 1 heterocycles. The van der Waals surface area contributed by atoms with Crippen molar-refractivity contribution >= 4 is 27.8 Å². The van der Waals surface area contributed by atoms with Crippen molar-refractivity contribution in [2.45, 2.75) is 32.4 Å². The molecular weight excluding hydrogens is 368 g/mol. The molecule has 0 spiro atoms. The molecular formula is C16H23ClN2O5S. The predicted octanol–water partition coefficient (Wildman–Crippen LogP) is 2.39. The lowest BCUT2D eigenvalue weighted by atomic mass is 10.1. The summed E-state index contributed by atoms with van der Waals surface area (Å²) in [6, 6.07) is 4.38. The highest BCUT2D eigenvalue weighted by Gasteiger charge is 2.24. The van der Waals surface area contributed by atoms with Crippen molar-refractivity contribution < 1.29 is 22.1 Å². The van der Waals surface area contributed by atoms with Crippen LogP contribution in [0.2, 0.25) is 5.02 Å². The highest BCUT2D eigenvalue weighted by atomic mass is 35.5. The summed E-state index contributed by atoms with van der Waals surface area (Å²) >= 11 is 6.03. The largest absolute Gasteiger partial charge is 0.382 e. The number of hydrogen-bond donors (Lipinski definition) is 1. The second-order valence-corrected chi connectivity index (χ2v) is 7.90. The third-order valence-corrected chi connectivity index (χ3v) is 4.41. The zero-order chi connectivity index (χ0) is 18.4. The Morgan fingerprint density at radius 2 is 2.24 bits per heavy atom. The highest BCUT2D eigenvalue weighted by molar-refractivity contribution is 7.86. The number of benzene rings is 1. The van der Waals surface area contributed by atoms with E-state index in [1.807, 2.05) is 6.92 Å². The van der Waals surface area contributed by atoms with Crippen LogP contribution in [-0.4, -0.2) is 51.4 Å². The maximum Gasteiger partial charge on any atom is 0.317 e. The Morgan fingerprint density at radius 1 is 1.48 bits per heavy atom. The quantitative estimate of drug-likeness (QED) is 0.722. The van der Waals surface area contributed by atoms with Gasteiger partial charge in [-0.1, -0.05) is 11.6 Å². The number of carbonyl (C=O) groups excluding carboxylic acids is 1. The lowest BCUT2D eigenvalue weighted by Gasteiger charge is -2.26. The Labute approximate surface area is 153 Å². The van der Waals surface area contributed by atoms with Gasteiger partial charge in [0.15, 0.2) is 0 Å². The first-order chi connectivity index (χ1) is 11.8. The normalized spacial score (nSPS) is 17.3. The van der Waals surface area contributed by atoms with Crippen LogP contribution in [0.25, 0.3) is 0 Å². The van der Waals surface area contributed by atoms with Crippen molar-refractivity contribution in [3.8, 4) is 5.75 Å². The van der Waals surface area contributed by atoms with Gasteiger partial charge in [-0.05, 0) is 38.0 Å². The van der Waals surface area contributed by atoms with Crippen molar-refractivity contribution in [2.24, 2.45) is 0 Å². The average Bonchev–Trinajstić information content (AvgIpc) is 3.01. The minimum Gasteiger partial charge on any atom is -0.382 e. The average molecular weight is 391 g/mol. The van der Waals surface area contributed by atoms with Gasteiger partial charge in [-0.15, -0.1) is 0 Å². The number of urea groups is 1. The Balaban J connectivity index is 2.23. The van der Waals surface area contributed by atoms with Crippen molar-refractivity contribution in [1.29, 1.82) is 0 Å². The van der Waals surface area contributed by atoms with E-state index in [9.17, 15) is 13.2 Å². The third-order valence-electron chi connectivity index (χ3n) is 3.69. The van der Waals surface area contributed by atoms with E-state index in [2.05, 4.69) is 5.32 Å². The molecule has 0 radical (unpaired) electrons. The molecule has 1 saturated heterocycles. The van der Waals surface area contributed by atoms with E-state index in [1.165, 1.54) is 6.07 Å². The van der Waals surface area contributed by atoms with Crippen LogP contribution in [0.15, 0.2) is 18.2 Å². The highest BCUT2D eigenvalue weighted by Crippen LogP contribution is 2.26. The summed E-state index contributed by atoms with van der Waals surface area (Å²) in [5.74, 6) is 0.161. The molecule has 1 aliphatic rings. The van der Waals surface area contributed by atoms with Gasteiger partial charge in [0.1, 0.15) is 5.75 Å². The van der Waals surface area contributed by atoms with Gasteiger partial charge in [-0.3, -0.25) is 0 Å². The van der Waals surface area contributed by atoms with Gasteiger partial charge < -0.3 is 19.1 Å². The van der Waals surface area contributed by atoms with Gasteiger partial charge in [0.05, 0.1) is 18.9 Å². The molecule has 0 bridgehead atoms. The van der Waals surface area contributed by atoms with E-state index >= 15 is 0 Å². The molecule has 1 fully saturated rings. The van der Waals surface area contributed by atoms with Crippen molar-refractivity contribution in [3.63, 3.8) is 0 Å². The molecule has 1 aliphatic heterocycles. The predicted molar refractivity (Wildman–Crippen MR) is 95.4 cm³/mol. The van der Waals surface area contributed by atoms with Crippen LogP contribution in [0.1, 0.15) is 25.3 Å². The molecule has 2 amide bonds. The molecule has 1 aromatic carbocycles. The Kier molecular flexibility index (Phi) is 6.92. The van der Waals surface area contributed by atoms with Crippen molar-refractivity contribution in [1.82, 2.24) is 10.2 Å². The molecule has 7 nitrogen and oxygen atoms in total. The van der Waals surface area contributed by atoms with Crippen LogP contribution in [0, 0.1) is 0 Å². The first kappa shape index (κ1) is 19.8. The molecule has 1 N–H and O–H groups in total. The van der Waals surface area contributed by atoms with Crippen LogP contribution in [0.4, 0.5) is 4.79 Å². The van der Waals surface area contributed by atoms with Gasteiger partial charge in [0, 0.05) is 30.3 Å². The van der Waals surface area contributed by atoms with E-state index in [1.54, 1.807) is 17.0 Å². The summed E-state index contributed by atoms with van der Waals surface area (Å²) in [6.45, 7) is 3.59. The van der Waals surface area contributed by atoms with Gasteiger partial charge in [0.25, 0.3) is 0 Å². The standard InChI is InChI=1S/C16H23ClN2O5S/c1-3-18-16(20)19(11-14-5-4-8-23-14)10-12-9-13(17)6-7-15(12)24-25(2,21)22/h6-7,9,14H,3-5,8,10-11H2,1-2H3,(H,18,20). The molecule has 25 heavy (non-hydrogen) atoms. The molecule has 0 aliphatic carbocycles. The molecule has 1 atom stereocenters. The Morgan fingerprint density at radius 3 is 2.84 bits per heavy atom. The fraction of sp³-hybridized carbons (Fsp3) is 0.562. The number of nitrogens with zero attached hydrogens (tertiary/aromatic N) is 1. The van der Waals surface area contributed by atoms with Gasteiger partial charge >= 0.3 is 16.1 Å². The maximum atomic E-state index is 12.4. The summed E-state index contributed by atoms with van der Waals surface area (Å²) in [5, 5.41) is 3.20. The summed E-state index contributed by atoms with van der Waals surface area (Å²) in [7, 11) is -3.69. The van der Waals surface area contributed by atoms with Crippen LogP contribution in [0.3, 0.4) is 0 Å². The van der Waals surface area contributed by atoms with Crippen molar-refractivity contribution in [2.75, 3.05) is 26.0 Å². The first-order valence-corrected chi connectivity index (χ1v) is 10.3. The molecule has 0 aromatic heterocycles. The van der Waals surface area contributed by atoms with Crippen molar-refractivity contribution in [3.05, 3.63) is 28.8 Å². The monoisotopic (exact) mass is 390 g/mol. The van der Waals surface area contributed by atoms with Crippen LogP contribution < -0.4 is 9.50 Å². The summed E-state index contributed by atoms with van der Waals surface area (Å²) in [4.78, 5) is 14.0.